The van der Waals surface area contributed by atoms with E-state index in [-0.39, 0.29) is 0 Å². The minimum absolute atomic E-state index is 0.412. The van der Waals surface area contributed by atoms with Crippen molar-refractivity contribution >= 4 is 22.0 Å². The Morgan fingerprint density at radius 1 is 1.29 bits per heavy atom. The first-order valence-corrected chi connectivity index (χ1v) is 7.55. The fourth-order valence-corrected chi connectivity index (χ4v) is 2.06. The monoisotopic (exact) mass is 359 g/mol. The van der Waals surface area contributed by atoms with Crippen molar-refractivity contribution in [3.8, 4) is 11.5 Å². The van der Waals surface area contributed by atoms with Crippen LogP contribution in [0.2, 0.25) is 0 Å². The Morgan fingerprint density at radius 3 is 2.57 bits per heavy atom. The second-order valence-electron chi connectivity index (χ2n) is 5.40. The zero-order valence-corrected chi connectivity index (χ0v) is 14.5. The molecule has 1 aromatic rings. The molecule has 1 N–H and O–H groups in total. The third kappa shape index (κ3) is 6.71. The van der Waals surface area contributed by atoms with E-state index in [2.05, 4.69) is 21.2 Å². The number of ether oxygens (including phenoxy) is 3. The van der Waals surface area contributed by atoms with Crippen LogP contribution in [0, 0.1) is 0 Å². The SMILES string of the molecule is COc1cccc(OCCCNC(=O)OC(C)(C)C)c1Br. The largest absolute Gasteiger partial charge is 0.495 e. The molecule has 0 aliphatic heterocycles. The average Bonchev–Trinajstić information content (AvgIpc) is 2.38. The number of hydrogen-bond donors (Lipinski definition) is 1. The van der Waals surface area contributed by atoms with Gasteiger partial charge in [-0.15, -0.1) is 0 Å². The van der Waals surface area contributed by atoms with Crippen LogP contribution in [0.5, 0.6) is 11.5 Å². The van der Waals surface area contributed by atoms with Crippen molar-refractivity contribution in [2.24, 2.45) is 0 Å². The lowest BCUT2D eigenvalue weighted by atomic mass is 10.2. The molecule has 0 saturated carbocycles. The van der Waals surface area contributed by atoms with Gasteiger partial charge in [0.2, 0.25) is 0 Å². The van der Waals surface area contributed by atoms with Gasteiger partial charge in [-0.1, -0.05) is 6.07 Å². The number of carbonyl (C=O) groups is 1. The maximum Gasteiger partial charge on any atom is 0.407 e. The van der Waals surface area contributed by atoms with Crippen LogP contribution in [-0.4, -0.2) is 32.0 Å². The van der Waals surface area contributed by atoms with Gasteiger partial charge in [-0.05, 0) is 55.3 Å². The number of carbonyl (C=O) groups excluding carboxylic acids is 1. The van der Waals surface area contributed by atoms with Crippen LogP contribution in [-0.2, 0) is 4.74 Å². The van der Waals surface area contributed by atoms with E-state index in [1.54, 1.807) is 7.11 Å². The van der Waals surface area contributed by atoms with Gasteiger partial charge in [-0.25, -0.2) is 4.79 Å². The Hall–Kier alpha value is -1.43. The van der Waals surface area contributed by atoms with Crippen LogP contribution in [0.4, 0.5) is 4.79 Å². The first kappa shape index (κ1) is 17.6. The molecule has 0 aliphatic rings. The summed E-state index contributed by atoms with van der Waals surface area (Å²) >= 11 is 3.43. The highest BCUT2D eigenvalue weighted by Crippen LogP contribution is 2.33. The molecule has 0 heterocycles. The van der Waals surface area contributed by atoms with Crippen molar-refractivity contribution in [2.45, 2.75) is 32.8 Å². The van der Waals surface area contributed by atoms with Crippen molar-refractivity contribution in [1.82, 2.24) is 5.32 Å². The predicted octanol–water partition coefficient (Wildman–Crippen LogP) is 3.75. The maximum atomic E-state index is 11.4. The van der Waals surface area contributed by atoms with Gasteiger partial charge >= 0.3 is 6.09 Å². The Labute approximate surface area is 134 Å². The lowest BCUT2D eigenvalue weighted by Crippen LogP contribution is -2.33. The molecule has 0 aromatic heterocycles. The molecule has 0 atom stereocenters. The second-order valence-corrected chi connectivity index (χ2v) is 6.20. The summed E-state index contributed by atoms with van der Waals surface area (Å²) in [6.07, 6.45) is 0.271. The molecule has 0 saturated heterocycles. The summed E-state index contributed by atoms with van der Waals surface area (Å²) in [5.74, 6) is 1.44. The quantitative estimate of drug-likeness (QED) is 0.785. The van der Waals surface area contributed by atoms with Crippen molar-refractivity contribution in [1.29, 1.82) is 0 Å². The Kier molecular flexibility index (Phi) is 6.81. The van der Waals surface area contributed by atoms with E-state index in [1.807, 2.05) is 39.0 Å². The van der Waals surface area contributed by atoms with Gasteiger partial charge in [0.15, 0.2) is 0 Å². The van der Waals surface area contributed by atoms with Gasteiger partial charge in [-0.3, -0.25) is 0 Å². The minimum Gasteiger partial charge on any atom is -0.495 e. The van der Waals surface area contributed by atoms with E-state index in [1.165, 1.54) is 0 Å². The molecule has 21 heavy (non-hydrogen) atoms. The Balaban J connectivity index is 2.28. The van der Waals surface area contributed by atoms with Crippen molar-refractivity contribution < 1.29 is 19.0 Å². The van der Waals surface area contributed by atoms with Crippen LogP contribution in [0.1, 0.15) is 27.2 Å². The lowest BCUT2D eigenvalue weighted by Gasteiger charge is -2.19. The molecule has 1 aromatic carbocycles. The second kappa shape index (κ2) is 8.12. The number of hydrogen-bond acceptors (Lipinski definition) is 4. The summed E-state index contributed by atoms with van der Waals surface area (Å²) in [5, 5.41) is 2.69. The number of alkyl carbamates (subject to hydrolysis) is 1. The summed E-state index contributed by atoms with van der Waals surface area (Å²) in [6, 6.07) is 5.56. The van der Waals surface area contributed by atoms with E-state index in [9.17, 15) is 4.79 Å². The number of nitrogens with one attached hydrogen (secondary N) is 1. The van der Waals surface area contributed by atoms with E-state index in [0.29, 0.717) is 25.3 Å². The van der Waals surface area contributed by atoms with E-state index in [0.717, 1.165) is 10.2 Å². The number of amides is 1. The molecule has 0 spiro atoms. The molecule has 6 heteroatoms. The topological polar surface area (TPSA) is 56.8 Å². The van der Waals surface area contributed by atoms with Gasteiger partial charge in [0, 0.05) is 6.54 Å². The van der Waals surface area contributed by atoms with Crippen LogP contribution in [0.15, 0.2) is 22.7 Å². The average molecular weight is 360 g/mol. The molecule has 1 amide bonds. The minimum atomic E-state index is -0.480. The highest BCUT2D eigenvalue weighted by Gasteiger charge is 2.15. The summed E-state index contributed by atoms with van der Waals surface area (Å²) in [7, 11) is 1.61. The fourth-order valence-electron chi connectivity index (χ4n) is 1.52. The van der Waals surface area contributed by atoms with Crippen molar-refractivity contribution in [3.63, 3.8) is 0 Å². The van der Waals surface area contributed by atoms with Gasteiger partial charge in [0.25, 0.3) is 0 Å². The van der Waals surface area contributed by atoms with Gasteiger partial charge in [-0.2, -0.15) is 0 Å². The van der Waals surface area contributed by atoms with Crippen LogP contribution in [0.3, 0.4) is 0 Å². The number of halogens is 1. The van der Waals surface area contributed by atoms with Gasteiger partial charge in [0.1, 0.15) is 21.6 Å². The molecular weight excluding hydrogens is 338 g/mol. The molecule has 0 unspecified atom stereocenters. The van der Waals surface area contributed by atoms with Crippen LogP contribution < -0.4 is 14.8 Å². The molecule has 1 rings (SSSR count). The Morgan fingerprint density at radius 2 is 1.95 bits per heavy atom. The summed E-state index contributed by atoms with van der Waals surface area (Å²) in [6.45, 7) is 6.47. The van der Waals surface area contributed by atoms with Crippen LogP contribution >= 0.6 is 15.9 Å². The first-order chi connectivity index (χ1) is 9.83. The Bertz CT molecular complexity index is 471. The third-order valence-corrected chi connectivity index (χ3v) is 3.18. The molecule has 0 aliphatic carbocycles. The summed E-state index contributed by atoms with van der Waals surface area (Å²) < 4.78 is 16.8. The number of methoxy groups -OCH3 is 1. The smallest absolute Gasteiger partial charge is 0.407 e. The number of rotatable bonds is 6. The standard InChI is InChI=1S/C15H22BrNO4/c1-15(2,3)21-14(18)17-9-6-10-20-12-8-5-7-11(19-4)13(12)16/h5,7-8H,6,9-10H2,1-4H3,(H,17,18). The zero-order valence-electron chi connectivity index (χ0n) is 12.9. The van der Waals surface area contributed by atoms with E-state index < -0.39 is 11.7 Å². The molecule has 0 radical (unpaired) electrons. The summed E-state index contributed by atoms with van der Waals surface area (Å²) in [4.78, 5) is 11.4. The summed E-state index contributed by atoms with van der Waals surface area (Å²) in [5.41, 5.74) is -0.480. The normalized spacial score (nSPS) is 10.9. The highest BCUT2D eigenvalue weighted by atomic mass is 79.9. The number of benzene rings is 1. The molecule has 0 bridgehead atoms. The zero-order chi connectivity index (χ0) is 15.9. The predicted molar refractivity (Wildman–Crippen MR) is 85.0 cm³/mol. The van der Waals surface area contributed by atoms with E-state index >= 15 is 0 Å². The molecule has 5 nitrogen and oxygen atoms in total. The molecule has 0 fully saturated rings. The fraction of sp³-hybridized carbons (Fsp3) is 0.533. The molecule has 118 valence electrons. The van der Waals surface area contributed by atoms with Crippen molar-refractivity contribution in [3.05, 3.63) is 22.7 Å². The van der Waals surface area contributed by atoms with Crippen molar-refractivity contribution in [2.75, 3.05) is 20.3 Å². The van der Waals surface area contributed by atoms with Gasteiger partial charge in [0.05, 0.1) is 13.7 Å². The van der Waals surface area contributed by atoms with E-state index in [4.69, 9.17) is 14.2 Å². The third-order valence-electron chi connectivity index (χ3n) is 2.39. The van der Waals surface area contributed by atoms with Crippen LogP contribution in [0.25, 0.3) is 0 Å². The lowest BCUT2D eigenvalue weighted by molar-refractivity contribution is 0.0525. The first-order valence-electron chi connectivity index (χ1n) is 6.75. The maximum absolute atomic E-state index is 11.4. The molecular formula is C15H22BrNO4. The van der Waals surface area contributed by atoms with Gasteiger partial charge < -0.3 is 19.5 Å². The highest BCUT2D eigenvalue weighted by molar-refractivity contribution is 9.10.